The first-order valence-electron chi connectivity index (χ1n) is 10.2. The zero-order valence-corrected chi connectivity index (χ0v) is 18.5. The highest BCUT2D eigenvalue weighted by Crippen LogP contribution is 2.34. The summed E-state index contributed by atoms with van der Waals surface area (Å²) in [6, 6.07) is 3.95. The topological polar surface area (TPSA) is 63.2 Å². The van der Waals surface area contributed by atoms with Crippen LogP contribution >= 0.6 is 11.3 Å². The number of thiophene rings is 1. The molecule has 154 valence electrons. The zero-order valence-electron chi connectivity index (χ0n) is 17.7. The van der Waals surface area contributed by atoms with E-state index in [4.69, 9.17) is 14.7 Å². The fourth-order valence-corrected chi connectivity index (χ4v) is 4.82. The van der Waals surface area contributed by atoms with Gasteiger partial charge in [0.05, 0.1) is 19.0 Å². The van der Waals surface area contributed by atoms with Gasteiger partial charge < -0.3 is 10.1 Å². The van der Waals surface area contributed by atoms with Gasteiger partial charge >= 0.3 is 0 Å². The normalized spacial score (nSPS) is 15.7. The van der Waals surface area contributed by atoms with Gasteiger partial charge in [0.15, 0.2) is 0 Å². The van der Waals surface area contributed by atoms with Gasteiger partial charge in [-0.2, -0.15) is 0 Å². The van der Waals surface area contributed by atoms with Crippen LogP contribution in [0.3, 0.4) is 0 Å². The number of nitrogens with zero attached hydrogens (tertiary/aromatic N) is 4. The molecule has 1 aliphatic rings. The molecule has 4 heterocycles. The third-order valence-corrected chi connectivity index (χ3v) is 6.89. The molecule has 3 aromatic rings. The number of pyridine rings is 1. The van der Waals surface area contributed by atoms with E-state index >= 15 is 0 Å². The Morgan fingerprint density at radius 1 is 1.24 bits per heavy atom. The Morgan fingerprint density at radius 2 is 2.03 bits per heavy atom. The van der Waals surface area contributed by atoms with Crippen molar-refractivity contribution in [1.29, 1.82) is 0 Å². The van der Waals surface area contributed by atoms with E-state index < -0.39 is 0 Å². The molecule has 7 heteroatoms. The molecular formula is C22H29N5OS. The average Bonchev–Trinajstić information content (AvgIpc) is 3.02. The lowest BCUT2D eigenvalue weighted by Gasteiger charge is -2.29. The van der Waals surface area contributed by atoms with E-state index in [2.05, 4.69) is 36.0 Å². The summed E-state index contributed by atoms with van der Waals surface area (Å²) in [5.74, 6) is 3.28. The van der Waals surface area contributed by atoms with Crippen molar-refractivity contribution in [2.45, 2.75) is 46.7 Å². The molecule has 1 saturated heterocycles. The van der Waals surface area contributed by atoms with Crippen LogP contribution in [0.4, 0.5) is 5.82 Å². The number of fused-ring (bicyclic) bond motifs is 1. The van der Waals surface area contributed by atoms with Crippen molar-refractivity contribution in [3.8, 4) is 5.88 Å². The third kappa shape index (κ3) is 4.51. The number of piperidine rings is 1. The molecule has 1 N–H and O–H groups in total. The Hall–Kier alpha value is -2.25. The van der Waals surface area contributed by atoms with Gasteiger partial charge in [0.1, 0.15) is 16.5 Å². The fourth-order valence-electron chi connectivity index (χ4n) is 3.77. The van der Waals surface area contributed by atoms with E-state index in [0.29, 0.717) is 12.4 Å². The van der Waals surface area contributed by atoms with Crippen molar-refractivity contribution in [3.05, 3.63) is 40.2 Å². The predicted octanol–water partition coefficient (Wildman–Crippen LogP) is 4.56. The summed E-state index contributed by atoms with van der Waals surface area (Å²) in [5.41, 5.74) is 2.37. The molecule has 0 aliphatic carbocycles. The summed E-state index contributed by atoms with van der Waals surface area (Å²) in [5, 5.41) is 4.69. The minimum atomic E-state index is 0.625. The quantitative estimate of drug-likeness (QED) is 0.642. The SMILES string of the molecule is COc1cc(CNc2nc(CN3CCC(C)CC3)nc3sc(C)c(C)c23)ccn1. The molecular weight excluding hydrogens is 382 g/mol. The number of hydrogen-bond acceptors (Lipinski definition) is 7. The van der Waals surface area contributed by atoms with Crippen LogP contribution in [0.5, 0.6) is 5.88 Å². The first-order valence-corrected chi connectivity index (χ1v) is 11.1. The van der Waals surface area contributed by atoms with E-state index in [-0.39, 0.29) is 0 Å². The van der Waals surface area contributed by atoms with Crippen LogP contribution in [-0.4, -0.2) is 40.1 Å². The average molecular weight is 412 g/mol. The first kappa shape index (κ1) is 20.0. The molecule has 0 aromatic carbocycles. The molecule has 0 spiro atoms. The second kappa shape index (κ2) is 8.63. The van der Waals surface area contributed by atoms with Crippen molar-refractivity contribution < 1.29 is 4.74 Å². The molecule has 0 unspecified atom stereocenters. The number of aryl methyl sites for hydroxylation is 2. The Balaban J connectivity index is 1.60. The third-order valence-electron chi connectivity index (χ3n) is 5.78. The highest BCUT2D eigenvalue weighted by Gasteiger charge is 2.19. The van der Waals surface area contributed by atoms with E-state index in [1.54, 1.807) is 24.6 Å². The van der Waals surface area contributed by atoms with Crippen LogP contribution in [0.15, 0.2) is 18.3 Å². The lowest BCUT2D eigenvalue weighted by Crippen LogP contribution is -2.33. The van der Waals surface area contributed by atoms with Gasteiger partial charge in [-0.3, -0.25) is 4.90 Å². The standard InChI is InChI=1S/C22H29N5OS/c1-14-6-9-27(10-7-14)13-18-25-21(20-15(2)16(3)29-22(20)26-18)24-12-17-5-8-23-19(11-17)28-4/h5,8,11,14H,6-7,9-10,12-13H2,1-4H3,(H,24,25,26). The van der Waals surface area contributed by atoms with Gasteiger partial charge in [-0.05, 0) is 62.9 Å². The van der Waals surface area contributed by atoms with Gasteiger partial charge in [-0.15, -0.1) is 11.3 Å². The summed E-state index contributed by atoms with van der Waals surface area (Å²) in [6.07, 6.45) is 4.29. The van der Waals surface area contributed by atoms with Gasteiger partial charge in [0.2, 0.25) is 5.88 Å². The van der Waals surface area contributed by atoms with E-state index in [1.807, 2.05) is 12.1 Å². The first-order chi connectivity index (χ1) is 14.0. The summed E-state index contributed by atoms with van der Waals surface area (Å²) >= 11 is 1.76. The molecule has 1 aliphatic heterocycles. The smallest absolute Gasteiger partial charge is 0.213 e. The van der Waals surface area contributed by atoms with E-state index in [1.165, 1.54) is 23.3 Å². The van der Waals surface area contributed by atoms with Gasteiger partial charge in [-0.25, -0.2) is 15.0 Å². The van der Waals surface area contributed by atoms with E-state index in [9.17, 15) is 0 Å². The lowest BCUT2D eigenvalue weighted by molar-refractivity contribution is 0.181. The lowest BCUT2D eigenvalue weighted by atomic mass is 9.99. The van der Waals surface area contributed by atoms with Gasteiger partial charge in [0.25, 0.3) is 0 Å². The van der Waals surface area contributed by atoms with Crippen LogP contribution in [0, 0.1) is 19.8 Å². The monoisotopic (exact) mass is 411 g/mol. The molecule has 0 atom stereocenters. The number of aromatic nitrogens is 3. The number of anilines is 1. The Morgan fingerprint density at radius 3 is 2.79 bits per heavy atom. The number of ether oxygens (including phenoxy) is 1. The minimum absolute atomic E-state index is 0.625. The van der Waals surface area contributed by atoms with Crippen molar-refractivity contribution in [1.82, 2.24) is 19.9 Å². The number of hydrogen-bond donors (Lipinski definition) is 1. The zero-order chi connectivity index (χ0) is 20.4. The fraction of sp³-hybridized carbons (Fsp3) is 0.500. The van der Waals surface area contributed by atoms with Gasteiger partial charge in [-0.1, -0.05) is 6.92 Å². The second-order valence-corrected chi connectivity index (χ2v) is 9.17. The summed E-state index contributed by atoms with van der Waals surface area (Å²) in [7, 11) is 1.64. The number of nitrogens with one attached hydrogen (secondary N) is 1. The van der Waals surface area contributed by atoms with Crippen LogP contribution in [0.25, 0.3) is 10.2 Å². The van der Waals surface area contributed by atoms with Crippen LogP contribution in [0.1, 0.15) is 41.6 Å². The Labute approximate surface area is 176 Å². The summed E-state index contributed by atoms with van der Waals surface area (Å²) in [4.78, 5) is 18.9. The molecule has 0 bridgehead atoms. The molecule has 4 rings (SSSR count). The maximum absolute atomic E-state index is 5.24. The van der Waals surface area contributed by atoms with E-state index in [0.717, 1.165) is 53.0 Å². The highest BCUT2D eigenvalue weighted by molar-refractivity contribution is 7.18. The van der Waals surface area contributed by atoms with Crippen LogP contribution in [-0.2, 0) is 13.1 Å². The number of methoxy groups -OCH3 is 1. The van der Waals surface area contributed by atoms with Crippen LogP contribution in [0.2, 0.25) is 0 Å². The molecule has 6 nitrogen and oxygen atoms in total. The van der Waals surface area contributed by atoms with Gasteiger partial charge in [0, 0.05) is 23.7 Å². The minimum Gasteiger partial charge on any atom is -0.481 e. The maximum Gasteiger partial charge on any atom is 0.213 e. The molecule has 3 aromatic heterocycles. The van der Waals surface area contributed by atoms with Crippen molar-refractivity contribution >= 4 is 27.4 Å². The molecule has 0 saturated carbocycles. The largest absolute Gasteiger partial charge is 0.481 e. The second-order valence-electron chi connectivity index (χ2n) is 7.97. The van der Waals surface area contributed by atoms with Crippen molar-refractivity contribution in [2.24, 2.45) is 5.92 Å². The predicted molar refractivity (Wildman–Crippen MR) is 119 cm³/mol. The Kier molecular flexibility index (Phi) is 5.96. The summed E-state index contributed by atoms with van der Waals surface area (Å²) in [6.45, 7) is 10.4. The molecule has 0 amide bonds. The molecule has 29 heavy (non-hydrogen) atoms. The Bertz CT molecular complexity index is 994. The molecule has 0 radical (unpaired) electrons. The highest BCUT2D eigenvalue weighted by atomic mass is 32.1. The maximum atomic E-state index is 5.24. The summed E-state index contributed by atoms with van der Waals surface area (Å²) < 4.78 is 5.24. The van der Waals surface area contributed by atoms with Crippen LogP contribution < -0.4 is 10.1 Å². The molecule has 1 fully saturated rings. The van der Waals surface area contributed by atoms with Crippen molar-refractivity contribution in [2.75, 3.05) is 25.5 Å². The number of likely N-dealkylation sites (tertiary alicyclic amines) is 1. The number of rotatable bonds is 6. The van der Waals surface area contributed by atoms with Crippen molar-refractivity contribution in [3.63, 3.8) is 0 Å².